The number of aryl methyl sites for hydroxylation is 1. The zero-order valence-electron chi connectivity index (χ0n) is 16.8. The summed E-state index contributed by atoms with van der Waals surface area (Å²) in [6.07, 6.45) is 3.32. The van der Waals surface area contributed by atoms with Crippen LogP contribution in [0, 0.1) is 6.92 Å². The van der Waals surface area contributed by atoms with Gasteiger partial charge >= 0.3 is 0 Å². The molecule has 0 amide bonds. The lowest BCUT2D eigenvalue weighted by Crippen LogP contribution is -2.34. The number of nitrogens with zero attached hydrogens (tertiary/aromatic N) is 1. The molecule has 2 aromatic carbocycles. The van der Waals surface area contributed by atoms with Gasteiger partial charge in [-0.05, 0) is 80.6 Å². The lowest BCUT2D eigenvalue weighted by molar-refractivity contribution is 0.193. The van der Waals surface area contributed by atoms with Crippen molar-refractivity contribution in [2.24, 2.45) is 0 Å². The van der Waals surface area contributed by atoms with E-state index in [2.05, 4.69) is 22.0 Å². The Morgan fingerprint density at radius 1 is 1.14 bits per heavy atom. The second-order valence-electron chi connectivity index (χ2n) is 7.86. The number of piperidine rings is 1. The average molecular weight is 411 g/mol. The van der Waals surface area contributed by atoms with Crippen LogP contribution in [0.2, 0.25) is 5.02 Å². The maximum absolute atomic E-state index is 11.6. The number of pyridine rings is 1. The van der Waals surface area contributed by atoms with Crippen LogP contribution in [-0.4, -0.2) is 36.1 Å². The summed E-state index contributed by atoms with van der Waals surface area (Å²) >= 11 is 6.36. The lowest BCUT2D eigenvalue weighted by Gasteiger charge is -2.32. The molecule has 1 saturated heterocycles. The number of ether oxygens (including phenoxy) is 1. The van der Waals surface area contributed by atoms with Crippen LogP contribution < -0.4 is 10.3 Å². The highest BCUT2D eigenvalue weighted by Gasteiger charge is 2.21. The van der Waals surface area contributed by atoms with E-state index in [-0.39, 0.29) is 5.56 Å². The third kappa shape index (κ3) is 4.82. The first kappa shape index (κ1) is 20.0. The fourth-order valence-corrected chi connectivity index (χ4v) is 4.53. The van der Waals surface area contributed by atoms with Crippen molar-refractivity contribution in [3.63, 3.8) is 0 Å². The maximum atomic E-state index is 11.6. The summed E-state index contributed by atoms with van der Waals surface area (Å²) in [4.78, 5) is 17.0. The van der Waals surface area contributed by atoms with E-state index in [0.29, 0.717) is 12.5 Å². The molecule has 1 aliphatic heterocycles. The van der Waals surface area contributed by atoms with Gasteiger partial charge in [0.05, 0.1) is 6.61 Å². The SMILES string of the molecule is Cc1cc(=O)[nH]c2ccc(OCCCN3CCC(c4ccccc4Cl)CC3)cc12. The summed E-state index contributed by atoms with van der Waals surface area (Å²) in [6.45, 7) is 5.91. The van der Waals surface area contributed by atoms with Crippen LogP contribution in [0.25, 0.3) is 10.9 Å². The molecule has 1 aromatic heterocycles. The van der Waals surface area contributed by atoms with Gasteiger partial charge in [0.2, 0.25) is 5.56 Å². The van der Waals surface area contributed by atoms with Gasteiger partial charge in [0.25, 0.3) is 0 Å². The molecule has 1 fully saturated rings. The van der Waals surface area contributed by atoms with Gasteiger partial charge in [0, 0.05) is 28.5 Å². The number of aromatic nitrogens is 1. The predicted octanol–water partition coefficient (Wildman–Crippen LogP) is 5.14. The normalized spacial score (nSPS) is 15.7. The zero-order valence-corrected chi connectivity index (χ0v) is 17.5. The monoisotopic (exact) mass is 410 g/mol. The van der Waals surface area contributed by atoms with E-state index in [1.807, 2.05) is 37.3 Å². The third-order valence-corrected chi connectivity index (χ3v) is 6.19. The van der Waals surface area contributed by atoms with Crippen LogP contribution in [0.15, 0.2) is 53.3 Å². The van der Waals surface area contributed by atoms with Gasteiger partial charge in [0.1, 0.15) is 5.75 Å². The van der Waals surface area contributed by atoms with Crippen LogP contribution in [-0.2, 0) is 0 Å². The molecule has 0 aliphatic carbocycles. The molecule has 0 radical (unpaired) electrons. The van der Waals surface area contributed by atoms with Crippen molar-refractivity contribution in [2.45, 2.75) is 32.1 Å². The first-order valence-corrected chi connectivity index (χ1v) is 10.7. The van der Waals surface area contributed by atoms with Crippen molar-refractivity contribution in [1.29, 1.82) is 0 Å². The van der Waals surface area contributed by atoms with Gasteiger partial charge in [-0.15, -0.1) is 0 Å². The smallest absolute Gasteiger partial charge is 0.248 e. The Morgan fingerprint density at radius 2 is 1.93 bits per heavy atom. The predicted molar refractivity (Wildman–Crippen MR) is 119 cm³/mol. The summed E-state index contributed by atoms with van der Waals surface area (Å²) in [5, 5.41) is 1.93. The summed E-state index contributed by atoms with van der Waals surface area (Å²) in [5.41, 5.74) is 3.05. The molecule has 152 valence electrons. The van der Waals surface area contributed by atoms with Crippen LogP contribution >= 0.6 is 11.6 Å². The maximum Gasteiger partial charge on any atom is 0.248 e. The summed E-state index contributed by atoms with van der Waals surface area (Å²) in [5.74, 6) is 1.42. The molecule has 0 atom stereocenters. The Balaban J connectivity index is 1.24. The van der Waals surface area contributed by atoms with Gasteiger partial charge in [-0.1, -0.05) is 29.8 Å². The molecule has 0 unspecified atom stereocenters. The molecule has 4 nitrogen and oxygen atoms in total. The standard InChI is InChI=1S/C24H27ClN2O2/c1-17-15-24(28)26-23-8-7-19(16-21(17)23)29-14-4-11-27-12-9-18(10-13-27)20-5-2-3-6-22(20)25/h2-3,5-8,15-16,18H,4,9-14H2,1H3,(H,26,28). The summed E-state index contributed by atoms with van der Waals surface area (Å²) in [6, 6.07) is 15.7. The number of H-pyrrole nitrogens is 1. The van der Waals surface area contributed by atoms with E-state index in [4.69, 9.17) is 16.3 Å². The zero-order chi connectivity index (χ0) is 20.2. The van der Waals surface area contributed by atoms with Crippen LogP contribution in [0.3, 0.4) is 0 Å². The summed E-state index contributed by atoms with van der Waals surface area (Å²) < 4.78 is 5.96. The van der Waals surface area contributed by atoms with Gasteiger partial charge in [0.15, 0.2) is 0 Å². The van der Waals surface area contributed by atoms with Gasteiger partial charge in [-0.25, -0.2) is 0 Å². The van der Waals surface area contributed by atoms with Crippen molar-refractivity contribution >= 4 is 22.5 Å². The van der Waals surface area contributed by atoms with Gasteiger partial charge in [-0.2, -0.15) is 0 Å². The molecule has 2 heterocycles. The van der Waals surface area contributed by atoms with Crippen molar-refractivity contribution in [2.75, 3.05) is 26.2 Å². The molecule has 5 heteroatoms. The van der Waals surface area contributed by atoms with E-state index in [1.165, 1.54) is 5.56 Å². The van der Waals surface area contributed by atoms with Crippen LogP contribution in [0.4, 0.5) is 0 Å². The topological polar surface area (TPSA) is 45.3 Å². The molecular weight excluding hydrogens is 384 g/mol. The number of halogens is 1. The molecule has 0 bridgehead atoms. The van der Waals surface area contributed by atoms with E-state index < -0.39 is 0 Å². The minimum Gasteiger partial charge on any atom is -0.494 e. The van der Waals surface area contributed by atoms with E-state index >= 15 is 0 Å². The van der Waals surface area contributed by atoms with Crippen LogP contribution in [0.5, 0.6) is 5.75 Å². The Bertz CT molecular complexity index is 1040. The highest BCUT2D eigenvalue weighted by atomic mass is 35.5. The number of hydrogen-bond donors (Lipinski definition) is 1. The van der Waals surface area contributed by atoms with E-state index in [1.54, 1.807) is 6.07 Å². The molecule has 4 rings (SSSR count). The molecular formula is C24H27ClN2O2. The molecule has 29 heavy (non-hydrogen) atoms. The summed E-state index contributed by atoms with van der Waals surface area (Å²) in [7, 11) is 0. The fraction of sp³-hybridized carbons (Fsp3) is 0.375. The molecule has 1 N–H and O–H groups in total. The van der Waals surface area contributed by atoms with Crippen LogP contribution in [0.1, 0.15) is 36.3 Å². The second kappa shape index (κ2) is 9.02. The molecule has 3 aromatic rings. The lowest BCUT2D eigenvalue weighted by atomic mass is 9.89. The fourth-order valence-electron chi connectivity index (χ4n) is 4.24. The third-order valence-electron chi connectivity index (χ3n) is 5.84. The number of rotatable bonds is 6. The minimum atomic E-state index is -0.0676. The van der Waals surface area contributed by atoms with E-state index in [0.717, 1.165) is 66.1 Å². The first-order valence-electron chi connectivity index (χ1n) is 10.3. The molecule has 0 spiro atoms. The Hall–Kier alpha value is -2.30. The van der Waals surface area contributed by atoms with Gasteiger partial charge in [-0.3, -0.25) is 4.79 Å². The molecule has 1 aliphatic rings. The second-order valence-corrected chi connectivity index (χ2v) is 8.27. The Kier molecular flexibility index (Phi) is 6.22. The molecule has 0 saturated carbocycles. The van der Waals surface area contributed by atoms with Gasteiger partial charge < -0.3 is 14.6 Å². The van der Waals surface area contributed by atoms with Crippen molar-refractivity contribution in [3.8, 4) is 5.75 Å². The Morgan fingerprint density at radius 3 is 2.72 bits per heavy atom. The highest BCUT2D eigenvalue weighted by molar-refractivity contribution is 6.31. The van der Waals surface area contributed by atoms with Crippen molar-refractivity contribution < 1.29 is 4.74 Å². The number of fused-ring (bicyclic) bond motifs is 1. The number of hydrogen-bond acceptors (Lipinski definition) is 3. The quantitative estimate of drug-likeness (QED) is 0.572. The largest absolute Gasteiger partial charge is 0.494 e. The highest BCUT2D eigenvalue weighted by Crippen LogP contribution is 2.32. The number of aromatic amines is 1. The average Bonchev–Trinajstić information content (AvgIpc) is 2.72. The first-order chi connectivity index (χ1) is 14.1. The number of likely N-dealkylation sites (tertiary alicyclic amines) is 1. The van der Waals surface area contributed by atoms with E-state index in [9.17, 15) is 4.79 Å². The van der Waals surface area contributed by atoms with Crippen molar-refractivity contribution in [1.82, 2.24) is 9.88 Å². The number of benzene rings is 2. The Labute approximate surface area is 176 Å². The number of nitrogens with one attached hydrogen (secondary N) is 1. The van der Waals surface area contributed by atoms with Crippen molar-refractivity contribution in [3.05, 3.63) is 75.0 Å². The minimum absolute atomic E-state index is 0.0676.